The molecular formula is C23H24N6O. The van der Waals surface area contributed by atoms with Gasteiger partial charge in [-0.15, -0.1) is 0 Å². The van der Waals surface area contributed by atoms with Gasteiger partial charge in [0.15, 0.2) is 0 Å². The number of imidazole rings is 1. The molecule has 0 aliphatic carbocycles. The minimum Gasteiger partial charge on any atom is -0.341 e. The largest absolute Gasteiger partial charge is 0.341 e. The Hall–Kier alpha value is -3.45. The molecule has 152 valence electrons. The molecular weight excluding hydrogens is 376 g/mol. The lowest BCUT2D eigenvalue weighted by Gasteiger charge is -2.31. The van der Waals surface area contributed by atoms with E-state index in [0.717, 1.165) is 60.7 Å². The van der Waals surface area contributed by atoms with Crippen molar-refractivity contribution >= 4 is 22.6 Å². The summed E-state index contributed by atoms with van der Waals surface area (Å²) >= 11 is 0. The molecule has 1 aliphatic heterocycles. The number of rotatable bonds is 5. The van der Waals surface area contributed by atoms with E-state index in [9.17, 15) is 4.79 Å². The van der Waals surface area contributed by atoms with Gasteiger partial charge < -0.3 is 10.3 Å². The predicted molar refractivity (Wildman–Crippen MR) is 116 cm³/mol. The van der Waals surface area contributed by atoms with Gasteiger partial charge in [0.2, 0.25) is 5.91 Å². The SMILES string of the molecule is O=C(Nc1cccc(-n2cccn2)c1)[C@@H]1CCCN(Cc2nc3ccccc3[nH]2)C1. The Morgan fingerprint density at radius 2 is 2.10 bits per heavy atom. The van der Waals surface area contributed by atoms with Crippen LogP contribution in [-0.4, -0.2) is 43.6 Å². The van der Waals surface area contributed by atoms with Crippen molar-refractivity contribution in [2.45, 2.75) is 19.4 Å². The Morgan fingerprint density at radius 1 is 1.17 bits per heavy atom. The summed E-state index contributed by atoms with van der Waals surface area (Å²) in [5.74, 6) is 0.989. The van der Waals surface area contributed by atoms with E-state index in [1.54, 1.807) is 10.9 Å². The highest BCUT2D eigenvalue weighted by atomic mass is 16.1. The zero-order valence-electron chi connectivity index (χ0n) is 16.7. The molecule has 5 rings (SSSR count). The van der Waals surface area contributed by atoms with E-state index in [0.29, 0.717) is 0 Å². The monoisotopic (exact) mass is 400 g/mol. The first-order valence-electron chi connectivity index (χ1n) is 10.3. The molecule has 30 heavy (non-hydrogen) atoms. The Balaban J connectivity index is 1.23. The molecule has 0 radical (unpaired) electrons. The van der Waals surface area contributed by atoms with E-state index < -0.39 is 0 Å². The molecule has 4 aromatic rings. The molecule has 0 bridgehead atoms. The zero-order valence-corrected chi connectivity index (χ0v) is 16.7. The maximum atomic E-state index is 12.9. The number of para-hydroxylation sites is 2. The number of carbonyl (C=O) groups excluding carboxylic acids is 1. The van der Waals surface area contributed by atoms with Crippen molar-refractivity contribution in [3.63, 3.8) is 0 Å². The average Bonchev–Trinajstić information content (AvgIpc) is 3.44. The maximum absolute atomic E-state index is 12.9. The van der Waals surface area contributed by atoms with E-state index in [1.165, 1.54) is 0 Å². The van der Waals surface area contributed by atoms with E-state index >= 15 is 0 Å². The number of piperidine rings is 1. The normalized spacial score (nSPS) is 17.3. The van der Waals surface area contributed by atoms with Crippen LogP contribution in [0.15, 0.2) is 67.0 Å². The van der Waals surface area contributed by atoms with E-state index in [1.807, 2.05) is 60.8 Å². The first-order chi connectivity index (χ1) is 14.7. The molecule has 1 fully saturated rings. The van der Waals surface area contributed by atoms with Crippen LogP contribution in [-0.2, 0) is 11.3 Å². The van der Waals surface area contributed by atoms with Crippen LogP contribution in [0, 0.1) is 5.92 Å². The van der Waals surface area contributed by atoms with Crippen LogP contribution in [0.3, 0.4) is 0 Å². The number of anilines is 1. The minimum atomic E-state index is -0.0310. The molecule has 1 atom stereocenters. The number of nitrogens with one attached hydrogen (secondary N) is 2. The minimum absolute atomic E-state index is 0.0310. The molecule has 1 amide bonds. The van der Waals surface area contributed by atoms with Crippen LogP contribution in [0.4, 0.5) is 5.69 Å². The van der Waals surface area contributed by atoms with Gasteiger partial charge in [0.05, 0.1) is 29.2 Å². The van der Waals surface area contributed by atoms with Crippen LogP contribution in [0.5, 0.6) is 0 Å². The maximum Gasteiger partial charge on any atom is 0.228 e. The fraction of sp³-hybridized carbons (Fsp3) is 0.261. The van der Waals surface area contributed by atoms with Crippen LogP contribution in [0.2, 0.25) is 0 Å². The highest BCUT2D eigenvalue weighted by Crippen LogP contribution is 2.22. The lowest BCUT2D eigenvalue weighted by molar-refractivity contribution is -0.121. The fourth-order valence-corrected chi connectivity index (χ4v) is 4.10. The standard InChI is InChI=1S/C23H24N6O/c30-23(25-18-7-3-8-19(14-18)29-13-5-11-24-29)17-6-4-12-28(15-17)16-22-26-20-9-1-2-10-21(20)27-22/h1-3,5,7-11,13-14,17H,4,6,12,15-16H2,(H,25,30)(H,26,27)/t17-/m1/s1. The fourth-order valence-electron chi connectivity index (χ4n) is 4.10. The number of carbonyl (C=O) groups is 1. The molecule has 1 aliphatic rings. The van der Waals surface area contributed by atoms with Gasteiger partial charge in [-0.25, -0.2) is 9.67 Å². The average molecular weight is 400 g/mol. The molecule has 0 saturated carbocycles. The first kappa shape index (κ1) is 18.6. The van der Waals surface area contributed by atoms with Gasteiger partial charge in [-0.1, -0.05) is 18.2 Å². The van der Waals surface area contributed by atoms with Crippen molar-refractivity contribution in [2.24, 2.45) is 5.92 Å². The second-order valence-electron chi connectivity index (χ2n) is 7.77. The Bertz CT molecular complexity index is 1120. The first-order valence-corrected chi connectivity index (χ1v) is 10.3. The number of hydrogen-bond acceptors (Lipinski definition) is 4. The van der Waals surface area contributed by atoms with Crippen LogP contribution >= 0.6 is 0 Å². The number of aromatic amines is 1. The second-order valence-corrected chi connectivity index (χ2v) is 7.77. The van der Waals surface area contributed by atoms with Gasteiger partial charge >= 0.3 is 0 Å². The van der Waals surface area contributed by atoms with Gasteiger partial charge in [-0.3, -0.25) is 9.69 Å². The van der Waals surface area contributed by atoms with Crippen molar-refractivity contribution in [3.8, 4) is 5.69 Å². The quantitative estimate of drug-likeness (QED) is 0.537. The summed E-state index contributed by atoms with van der Waals surface area (Å²) in [5.41, 5.74) is 3.75. The van der Waals surface area contributed by atoms with Gasteiger partial charge in [0.1, 0.15) is 5.82 Å². The number of H-pyrrole nitrogens is 1. The summed E-state index contributed by atoms with van der Waals surface area (Å²) < 4.78 is 1.78. The number of likely N-dealkylation sites (tertiary alicyclic amines) is 1. The van der Waals surface area contributed by atoms with Gasteiger partial charge in [0, 0.05) is 24.6 Å². The highest BCUT2D eigenvalue weighted by Gasteiger charge is 2.26. The lowest BCUT2D eigenvalue weighted by atomic mass is 9.97. The Kier molecular flexibility index (Phi) is 5.03. The molecule has 7 heteroatoms. The van der Waals surface area contributed by atoms with Crippen LogP contribution in [0.25, 0.3) is 16.7 Å². The number of aromatic nitrogens is 4. The van der Waals surface area contributed by atoms with Gasteiger partial charge in [-0.2, -0.15) is 5.10 Å². The Labute approximate surface area is 174 Å². The molecule has 2 N–H and O–H groups in total. The summed E-state index contributed by atoms with van der Waals surface area (Å²) in [5, 5.41) is 7.34. The third kappa shape index (κ3) is 3.97. The predicted octanol–water partition coefficient (Wildman–Crippen LogP) is 3.60. The molecule has 0 unspecified atom stereocenters. The molecule has 3 heterocycles. The molecule has 2 aromatic carbocycles. The molecule has 2 aromatic heterocycles. The van der Waals surface area contributed by atoms with Crippen molar-refractivity contribution in [1.82, 2.24) is 24.6 Å². The highest BCUT2D eigenvalue weighted by molar-refractivity contribution is 5.93. The molecule has 0 spiro atoms. The summed E-state index contributed by atoms with van der Waals surface area (Å²) in [6.07, 6.45) is 5.54. The van der Waals surface area contributed by atoms with E-state index in [4.69, 9.17) is 0 Å². The summed E-state index contributed by atoms with van der Waals surface area (Å²) in [6.45, 7) is 2.45. The summed E-state index contributed by atoms with van der Waals surface area (Å²) in [6, 6.07) is 17.7. The van der Waals surface area contributed by atoms with Gasteiger partial charge in [-0.05, 0) is 55.8 Å². The lowest BCUT2D eigenvalue weighted by Crippen LogP contribution is -2.40. The molecule has 1 saturated heterocycles. The van der Waals surface area contributed by atoms with Crippen LogP contribution < -0.4 is 5.32 Å². The smallest absolute Gasteiger partial charge is 0.228 e. The number of nitrogens with zero attached hydrogens (tertiary/aromatic N) is 4. The van der Waals surface area contributed by atoms with Crippen molar-refractivity contribution in [3.05, 3.63) is 72.8 Å². The number of fused-ring (bicyclic) bond motifs is 1. The summed E-state index contributed by atoms with van der Waals surface area (Å²) in [4.78, 5) is 23.3. The van der Waals surface area contributed by atoms with Crippen molar-refractivity contribution < 1.29 is 4.79 Å². The number of hydrogen-bond donors (Lipinski definition) is 2. The molecule has 7 nitrogen and oxygen atoms in total. The number of amides is 1. The number of benzene rings is 2. The summed E-state index contributed by atoms with van der Waals surface area (Å²) in [7, 11) is 0. The second kappa shape index (κ2) is 8.12. The van der Waals surface area contributed by atoms with E-state index in [-0.39, 0.29) is 11.8 Å². The Morgan fingerprint density at radius 3 is 2.97 bits per heavy atom. The third-order valence-corrected chi connectivity index (χ3v) is 5.57. The van der Waals surface area contributed by atoms with Crippen LogP contribution in [0.1, 0.15) is 18.7 Å². The van der Waals surface area contributed by atoms with Gasteiger partial charge in [0.25, 0.3) is 0 Å². The van der Waals surface area contributed by atoms with E-state index in [2.05, 4.69) is 25.3 Å². The topological polar surface area (TPSA) is 78.8 Å². The zero-order chi connectivity index (χ0) is 20.3. The van der Waals surface area contributed by atoms with Crippen molar-refractivity contribution in [1.29, 1.82) is 0 Å². The van der Waals surface area contributed by atoms with Crippen molar-refractivity contribution in [2.75, 3.05) is 18.4 Å². The third-order valence-electron chi connectivity index (χ3n) is 5.57.